The average molecular weight is 409 g/mol. The molecule has 162 valence electrons. The summed E-state index contributed by atoms with van der Waals surface area (Å²) in [6.45, 7) is 3.26. The van der Waals surface area contributed by atoms with Crippen LogP contribution in [0.15, 0.2) is 0 Å². The molecule has 0 aliphatic carbocycles. The topological polar surface area (TPSA) is 93.1 Å². The first kappa shape index (κ1) is 26.6. The van der Waals surface area contributed by atoms with E-state index >= 15 is 0 Å². The monoisotopic (exact) mass is 408 g/mol. The number of hydrogen-bond donors (Lipinski definition) is 2. The van der Waals surface area contributed by atoms with Crippen LogP contribution in [-0.4, -0.2) is 35.5 Å². The molecule has 27 heavy (non-hydrogen) atoms. The molecule has 0 fully saturated rings. The van der Waals surface area contributed by atoms with E-state index < -0.39 is 13.3 Å². The maximum absolute atomic E-state index is 11.0. The Morgan fingerprint density at radius 2 is 1.11 bits per heavy atom. The number of rotatable bonds is 21. The van der Waals surface area contributed by atoms with E-state index in [1.807, 2.05) is 0 Å². The van der Waals surface area contributed by atoms with Crippen LogP contribution in [0, 0.1) is 0 Å². The summed E-state index contributed by atoms with van der Waals surface area (Å²) in [6.07, 6.45) is 18.9. The van der Waals surface area contributed by atoms with Crippen LogP contribution in [0.5, 0.6) is 0 Å². The van der Waals surface area contributed by atoms with Gasteiger partial charge in [0.05, 0.1) is 6.61 Å². The Kier molecular flexibility index (Phi) is 18.6. The first-order chi connectivity index (χ1) is 13.0. The summed E-state index contributed by atoms with van der Waals surface area (Å²) in [6, 6.07) is 0. The molecule has 0 aliphatic rings. The van der Waals surface area contributed by atoms with Gasteiger partial charge in [-0.3, -0.25) is 0 Å². The fourth-order valence-electron chi connectivity index (χ4n) is 2.91. The minimum atomic E-state index is -4.50. The second-order valence-corrected chi connectivity index (χ2v) is 8.88. The van der Waals surface area contributed by atoms with Gasteiger partial charge in [0.25, 0.3) is 0 Å². The van der Waals surface area contributed by atoms with Gasteiger partial charge in [-0.05, 0) is 12.8 Å². The van der Waals surface area contributed by atoms with Gasteiger partial charge >= 0.3 is 13.3 Å². The van der Waals surface area contributed by atoms with Gasteiger partial charge in [-0.25, -0.2) is 9.36 Å². The van der Waals surface area contributed by atoms with Crippen molar-refractivity contribution in [3.8, 4) is 0 Å². The standard InChI is InChI=1S/C20H41O6P/c1-2-3-4-5-6-7-8-9-10-11-12-13-14-15-17-25-18-16-19-26-27(23,24)20(21)22/h2-19H2,1H3,(H,21,22)(H,23,24). The second-order valence-electron chi connectivity index (χ2n) is 7.20. The Morgan fingerprint density at radius 3 is 1.56 bits per heavy atom. The molecule has 0 amide bonds. The summed E-state index contributed by atoms with van der Waals surface area (Å²) in [7, 11) is -4.50. The zero-order chi connectivity index (χ0) is 20.2. The molecule has 7 heteroatoms. The van der Waals surface area contributed by atoms with Crippen molar-refractivity contribution >= 4 is 13.3 Å². The molecule has 0 radical (unpaired) electrons. The summed E-state index contributed by atoms with van der Waals surface area (Å²) in [5.41, 5.74) is -1.81. The van der Waals surface area contributed by atoms with Crippen molar-refractivity contribution in [2.45, 2.75) is 103 Å². The third-order valence-corrected chi connectivity index (χ3v) is 5.60. The maximum atomic E-state index is 11.0. The molecule has 0 aromatic carbocycles. The van der Waals surface area contributed by atoms with Crippen molar-refractivity contribution in [1.29, 1.82) is 0 Å². The number of hydrogen-bond acceptors (Lipinski definition) is 4. The molecule has 1 unspecified atom stereocenters. The van der Waals surface area contributed by atoms with Crippen molar-refractivity contribution in [3.63, 3.8) is 0 Å². The van der Waals surface area contributed by atoms with Crippen molar-refractivity contribution < 1.29 is 28.6 Å². The number of carboxylic acid groups (broad SMARTS) is 1. The first-order valence-corrected chi connectivity index (χ1v) is 12.4. The van der Waals surface area contributed by atoms with Crippen LogP contribution in [0.4, 0.5) is 4.79 Å². The Morgan fingerprint density at radius 1 is 0.704 bits per heavy atom. The molecule has 1 atom stereocenters. The summed E-state index contributed by atoms with van der Waals surface area (Å²) in [4.78, 5) is 19.3. The molecule has 0 spiro atoms. The molecule has 0 bridgehead atoms. The van der Waals surface area contributed by atoms with E-state index in [4.69, 9.17) is 14.7 Å². The van der Waals surface area contributed by atoms with Crippen LogP contribution < -0.4 is 0 Å². The molecule has 0 saturated heterocycles. The largest absolute Gasteiger partial charge is 0.472 e. The predicted octanol–water partition coefficient (Wildman–Crippen LogP) is 6.75. The van der Waals surface area contributed by atoms with Crippen LogP contribution >= 0.6 is 7.60 Å². The number of unbranched alkanes of at least 4 members (excludes halogenated alkanes) is 13. The van der Waals surface area contributed by atoms with E-state index in [-0.39, 0.29) is 6.61 Å². The molecular formula is C20H41O6P. The fourth-order valence-corrected chi connectivity index (χ4v) is 3.39. The Hall–Kier alpha value is -0.420. The predicted molar refractivity (Wildman–Crippen MR) is 110 cm³/mol. The fraction of sp³-hybridized carbons (Fsp3) is 0.950. The number of carbonyl (C=O) groups is 1. The van der Waals surface area contributed by atoms with E-state index in [1.165, 1.54) is 83.5 Å². The zero-order valence-corrected chi connectivity index (χ0v) is 18.1. The summed E-state index contributed by atoms with van der Waals surface area (Å²) in [5.74, 6) is 0. The van der Waals surface area contributed by atoms with E-state index in [2.05, 4.69) is 11.4 Å². The molecule has 2 N–H and O–H groups in total. The van der Waals surface area contributed by atoms with Crippen LogP contribution in [0.2, 0.25) is 0 Å². The second kappa shape index (κ2) is 18.9. The van der Waals surface area contributed by atoms with Crippen LogP contribution in [0.1, 0.15) is 103 Å². The SMILES string of the molecule is CCCCCCCCCCCCCCCCOCCCOP(=O)(O)C(=O)O. The van der Waals surface area contributed by atoms with Crippen molar-refractivity contribution in [2.24, 2.45) is 0 Å². The lowest BCUT2D eigenvalue weighted by Gasteiger charge is -2.07. The summed E-state index contributed by atoms with van der Waals surface area (Å²) < 4.78 is 20.9. The smallest absolute Gasteiger partial charge is 0.435 e. The van der Waals surface area contributed by atoms with E-state index in [0.717, 1.165) is 6.42 Å². The first-order valence-electron chi connectivity index (χ1n) is 10.8. The molecule has 0 saturated carbocycles. The average Bonchev–Trinajstić information content (AvgIpc) is 2.63. The third kappa shape index (κ3) is 18.7. The highest BCUT2D eigenvalue weighted by Gasteiger charge is 2.29. The van der Waals surface area contributed by atoms with E-state index in [1.54, 1.807) is 0 Å². The third-order valence-electron chi connectivity index (χ3n) is 4.58. The lowest BCUT2D eigenvalue weighted by Crippen LogP contribution is -2.04. The van der Waals surface area contributed by atoms with Gasteiger partial charge in [0.1, 0.15) is 0 Å². The molecule has 0 aromatic rings. The highest BCUT2D eigenvalue weighted by Crippen LogP contribution is 2.42. The number of ether oxygens (including phenoxy) is 1. The zero-order valence-electron chi connectivity index (χ0n) is 17.2. The van der Waals surface area contributed by atoms with Crippen molar-refractivity contribution in [3.05, 3.63) is 0 Å². The van der Waals surface area contributed by atoms with Gasteiger partial charge in [0, 0.05) is 13.2 Å². The minimum Gasteiger partial charge on any atom is -0.472 e. The van der Waals surface area contributed by atoms with E-state index in [0.29, 0.717) is 19.6 Å². The molecule has 0 aromatic heterocycles. The van der Waals surface area contributed by atoms with Crippen LogP contribution in [0.3, 0.4) is 0 Å². The molecule has 0 heterocycles. The van der Waals surface area contributed by atoms with Crippen LogP contribution in [0.25, 0.3) is 0 Å². The minimum absolute atomic E-state index is 0.0845. The molecular weight excluding hydrogens is 367 g/mol. The lowest BCUT2D eigenvalue weighted by molar-refractivity contribution is 0.113. The van der Waals surface area contributed by atoms with E-state index in [9.17, 15) is 9.36 Å². The normalized spacial score (nSPS) is 13.6. The molecule has 0 aliphatic heterocycles. The highest BCUT2D eigenvalue weighted by atomic mass is 31.2. The van der Waals surface area contributed by atoms with Gasteiger partial charge in [-0.2, -0.15) is 0 Å². The van der Waals surface area contributed by atoms with Crippen LogP contribution in [-0.2, 0) is 13.8 Å². The molecule has 6 nitrogen and oxygen atoms in total. The lowest BCUT2D eigenvalue weighted by atomic mass is 10.0. The Labute approximate surface area is 165 Å². The molecule has 0 rings (SSSR count). The van der Waals surface area contributed by atoms with Gasteiger partial charge in [0.15, 0.2) is 0 Å². The van der Waals surface area contributed by atoms with Gasteiger partial charge in [0.2, 0.25) is 0 Å². The van der Waals surface area contributed by atoms with Gasteiger partial charge < -0.3 is 19.3 Å². The quantitative estimate of drug-likeness (QED) is 0.161. The van der Waals surface area contributed by atoms with Crippen molar-refractivity contribution in [1.82, 2.24) is 0 Å². The Balaban J connectivity index is 3.13. The maximum Gasteiger partial charge on any atom is 0.435 e. The van der Waals surface area contributed by atoms with Crippen molar-refractivity contribution in [2.75, 3.05) is 19.8 Å². The Bertz CT molecular complexity index is 389. The van der Waals surface area contributed by atoms with Gasteiger partial charge in [-0.1, -0.05) is 90.4 Å². The highest BCUT2D eigenvalue weighted by molar-refractivity contribution is 7.70. The summed E-state index contributed by atoms with van der Waals surface area (Å²) in [5, 5.41) is 8.42. The van der Waals surface area contributed by atoms with Gasteiger partial charge in [-0.15, -0.1) is 0 Å². The summed E-state index contributed by atoms with van der Waals surface area (Å²) >= 11 is 0.